The number of hydrogen-bond acceptors (Lipinski definition) is 5. The van der Waals surface area contributed by atoms with E-state index in [0.29, 0.717) is 19.7 Å². The van der Waals surface area contributed by atoms with Crippen LogP contribution in [0.2, 0.25) is 0 Å². The van der Waals surface area contributed by atoms with E-state index in [1.807, 2.05) is 6.92 Å². The maximum absolute atomic E-state index is 12.0. The number of nitrogens with one attached hydrogen (secondary N) is 2. The number of carbonyl (C=O) groups is 2. The number of nitrogens with zero attached hydrogens (tertiary/aromatic N) is 1. The standard InChI is InChI=1S/C13H18N4O3.2ClH/c1-8-11(15-4-5-20-8)13(19)17-7-9-2-3-10(12(14)18)16-6-9;;/h2-3,6,8,11,15H,4-5,7H2,1H3,(H2,14,18)(H,17,19);2*1H/t8-,11+;;/m1../s1. The van der Waals surface area contributed by atoms with Gasteiger partial charge in [-0.2, -0.15) is 0 Å². The zero-order chi connectivity index (χ0) is 14.5. The fraction of sp³-hybridized carbons (Fsp3) is 0.462. The first-order chi connectivity index (χ1) is 9.58. The van der Waals surface area contributed by atoms with E-state index in [-0.39, 0.29) is 48.6 Å². The molecule has 0 radical (unpaired) electrons. The van der Waals surface area contributed by atoms with Crippen molar-refractivity contribution < 1.29 is 14.3 Å². The third-order valence-corrected chi connectivity index (χ3v) is 3.14. The maximum Gasteiger partial charge on any atom is 0.267 e. The molecule has 0 aliphatic carbocycles. The number of halogens is 2. The van der Waals surface area contributed by atoms with Gasteiger partial charge in [0.25, 0.3) is 5.91 Å². The van der Waals surface area contributed by atoms with Crippen molar-refractivity contribution in [1.29, 1.82) is 0 Å². The van der Waals surface area contributed by atoms with Crippen LogP contribution in [0.5, 0.6) is 0 Å². The van der Waals surface area contributed by atoms with E-state index in [0.717, 1.165) is 5.56 Å². The molecule has 2 heterocycles. The normalized spacial score (nSPS) is 20.2. The van der Waals surface area contributed by atoms with Gasteiger partial charge in [-0.3, -0.25) is 14.6 Å². The lowest BCUT2D eigenvalue weighted by molar-refractivity contribution is -0.129. The summed E-state index contributed by atoms with van der Waals surface area (Å²) in [5.41, 5.74) is 6.11. The smallest absolute Gasteiger partial charge is 0.267 e. The van der Waals surface area contributed by atoms with Crippen LogP contribution < -0.4 is 16.4 Å². The Kier molecular flexibility index (Phi) is 8.96. The van der Waals surface area contributed by atoms with E-state index in [1.54, 1.807) is 6.07 Å². The van der Waals surface area contributed by atoms with Gasteiger partial charge in [0.15, 0.2) is 0 Å². The number of amides is 2. The molecule has 7 nitrogen and oxygen atoms in total. The highest BCUT2D eigenvalue weighted by Crippen LogP contribution is 2.05. The number of primary amides is 1. The predicted molar refractivity (Wildman–Crippen MR) is 86.3 cm³/mol. The Hall–Kier alpha value is -1.41. The maximum atomic E-state index is 12.0. The lowest BCUT2D eigenvalue weighted by atomic mass is 10.1. The molecule has 1 aromatic rings. The van der Waals surface area contributed by atoms with Gasteiger partial charge in [0.2, 0.25) is 5.91 Å². The molecule has 2 atom stereocenters. The molecule has 0 aromatic carbocycles. The summed E-state index contributed by atoms with van der Waals surface area (Å²) in [6.45, 7) is 3.48. The number of morpholine rings is 1. The molecule has 0 bridgehead atoms. The molecule has 124 valence electrons. The minimum Gasteiger partial charge on any atom is -0.375 e. The van der Waals surface area contributed by atoms with Gasteiger partial charge in [-0.25, -0.2) is 0 Å². The summed E-state index contributed by atoms with van der Waals surface area (Å²) in [5, 5.41) is 5.93. The van der Waals surface area contributed by atoms with Crippen LogP contribution >= 0.6 is 24.8 Å². The molecule has 2 amide bonds. The molecule has 9 heteroatoms. The Morgan fingerprint density at radius 2 is 2.18 bits per heavy atom. The number of hydrogen-bond donors (Lipinski definition) is 3. The molecule has 1 aromatic heterocycles. The van der Waals surface area contributed by atoms with Crippen LogP contribution in [0.4, 0.5) is 0 Å². The number of aromatic nitrogens is 1. The second-order valence-electron chi connectivity index (χ2n) is 4.64. The SMILES string of the molecule is C[C@H]1OCCN[C@@H]1C(=O)NCc1ccc(C(N)=O)nc1.Cl.Cl. The second kappa shape index (κ2) is 9.58. The lowest BCUT2D eigenvalue weighted by Gasteiger charge is -2.29. The Bertz CT molecular complexity index is 499. The van der Waals surface area contributed by atoms with Crippen LogP contribution in [0.1, 0.15) is 23.0 Å². The van der Waals surface area contributed by atoms with Gasteiger partial charge >= 0.3 is 0 Å². The van der Waals surface area contributed by atoms with Gasteiger partial charge in [0.05, 0.1) is 12.7 Å². The molecule has 0 unspecified atom stereocenters. The molecule has 0 saturated carbocycles. The summed E-state index contributed by atoms with van der Waals surface area (Å²) in [4.78, 5) is 26.8. The topological polar surface area (TPSA) is 106 Å². The highest BCUT2D eigenvalue weighted by Gasteiger charge is 2.27. The van der Waals surface area contributed by atoms with E-state index >= 15 is 0 Å². The van der Waals surface area contributed by atoms with Gasteiger partial charge in [0, 0.05) is 19.3 Å². The van der Waals surface area contributed by atoms with E-state index in [4.69, 9.17) is 10.5 Å². The van der Waals surface area contributed by atoms with Crippen LogP contribution in [0.25, 0.3) is 0 Å². The zero-order valence-corrected chi connectivity index (χ0v) is 13.7. The Morgan fingerprint density at radius 1 is 1.45 bits per heavy atom. The monoisotopic (exact) mass is 350 g/mol. The Balaban J connectivity index is 0.00000220. The summed E-state index contributed by atoms with van der Waals surface area (Å²) < 4.78 is 5.42. The molecular formula is C13H20Cl2N4O3. The van der Waals surface area contributed by atoms with E-state index < -0.39 is 5.91 Å². The van der Waals surface area contributed by atoms with Gasteiger partial charge in [-0.05, 0) is 18.6 Å². The third-order valence-electron chi connectivity index (χ3n) is 3.14. The summed E-state index contributed by atoms with van der Waals surface area (Å²) in [7, 11) is 0. The quantitative estimate of drug-likeness (QED) is 0.709. The number of rotatable bonds is 4. The Morgan fingerprint density at radius 3 is 2.73 bits per heavy atom. The first-order valence-electron chi connectivity index (χ1n) is 6.45. The third kappa shape index (κ3) is 5.42. The summed E-state index contributed by atoms with van der Waals surface area (Å²) in [6, 6.07) is 2.90. The van der Waals surface area contributed by atoms with Crippen molar-refractivity contribution in [3.05, 3.63) is 29.6 Å². The van der Waals surface area contributed by atoms with Crippen LogP contribution in [0.3, 0.4) is 0 Å². The van der Waals surface area contributed by atoms with Crippen LogP contribution in [-0.4, -0.2) is 42.1 Å². The van der Waals surface area contributed by atoms with Crippen LogP contribution in [-0.2, 0) is 16.1 Å². The van der Waals surface area contributed by atoms with Crippen LogP contribution in [0, 0.1) is 0 Å². The van der Waals surface area contributed by atoms with Gasteiger partial charge in [-0.1, -0.05) is 6.07 Å². The zero-order valence-electron chi connectivity index (χ0n) is 12.1. The molecule has 0 spiro atoms. The molecule has 4 N–H and O–H groups in total. The molecular weight excluding hydrogens is 331 g/mol. The van der Waals surface area contributed by atoms with Crippen molar-refractivity contribution in [2.75, 3.05) is 13.2 Å². The minimum absolute atomic E-state index is 0. The summed E-state index contributed by atoms with van der Waals surface area (Å²) in [6.07, 6.45) is 1.37. The molecule has 1 aliphatic rings. The molecule has 1 fully saturated rings. The fourth-order valence-corrected chi connectivity index (χ4v) is 2.00. The first kappa shape index (κ1) is 20.6. The van der Waals surface area contributed by atoms with Gasteiger partial charge in [-0.15, -0.1) is 24.8 Å². The molecule has 2 rings (SSSR count). The molecule has 1 aliphatic heterocycles. The average Bonchev–Trinajstić information content (AvgIpc) is 2.45. The predicted octanol–water partition coefficient (Wildman–Crippen LogP) is 0.0172. The first-order valence-corrected chi connectivity index (χ1v) is 6.45. The van der Waals surface area contributed by atoms with Gasteiger partial charge < -0.3 is 21.1 Å². The Labute approximate surface area is 141 Å². The van der Waals surface area contributed by atoms with Crippen molar-refractivity contribution >= 4 is 36.6 Å². The number of pyridine rings is 1. The second-order valence-corrected chi connectivity index (χ2v) is 4.64. The highest BCUT2D eigenvalue weighted by molar-refractivity contribution is 5.90. The highest BCUT2D eigenvalue weighted by atomic mass is 35.5. The van der Waals surface area contributed by atoms with E-state index in [1.165, 1.54) is 12.3 Å². The summed E-state index contributed by atoms with van der Waals surface area (Å²) >= 11 is 0. The fourth-order valence-electron chi connectivity index (χ4n) is 2.00. The molecule has 22 heavy (non-hydrogen) atoms. The number of carbonyl (C=O) groups excluding carboxylic acids is 2. The average molecular weight is 351 g/mol. The van der Waals surface area contributed by atoms with Crippen molar-refractivity contribution in [3.8, 4) is 0 Å². The van der Waals surface area contributed by atoms with Crippen molar-refractivity contribution in [3.63, 3.8) is 0 Å². The summed E-state index contributed by atoms with van der Waals surface area (Å²) in [5.74, 6) is -0.686. The van der Waals surface area contributed by atoms with Crippen molar-refractivity contribution in [1.82, 2.24) is 15.6 Å². The van der Waals surface area contributed by atoms with Gasteiger partial charge in [0.1, 0.15) is 11.7 Å². The lowest BCUT2D eigenvalue weighted by Crippen LogP contribution is -2.55. The van der Waals surface area contributed by atoms with E-state index in [9.17, 15) is 9.59 Å². The van der Waals surface area contributed by atoms with Crippen LogP contribution in [0.15, 0.2) is 18.3 Å². The minimum atomic E-state index is -0.571. The van der Waals surface area contributed by atoms with Crippen molar-refractivity contribution in [2.45, 2.75) is 25.6 Å². The largest absolute Gasteiger partial charge is 0.375 e. The van der Waals surface area contributed by atoms with E-state index in [2.05, 4.69) is 15.6 Å². The number of ether oxygens (including phenoxy) is 1. The molecule has 1 saturated heterocycles. The number of nitrogens with two attached hydrogens (primary N) is 1. The van der Waals surface area contributed by atoms with Crippen molar-refractivity contribution in [2.24, 2.45) is 5.73 Å².